The fourth-order valence-electron chi connectivity index (χ4n) is 3.54. The number of nitrogens with zero attached hydrogens (tertiary/aromatic N) is 3. The summed E-state index contributed by atoms with van der Waals surface area (Å²) >= 11 is 0. The van der Waals surface area contributed by atoms with Gasteiger partial charge in [-0.05, 0) is 59.3 Å². The Morgan fingerprint density at radius 1 is 1.16 bits per heavy atom. The second kappa shape index (κ2) is 15.0. The van der Waals surface area contributed by atoms with E-state index in [4.69, 9.17) is 0 Å². The molecule has 0 bridgehead atoms. The Hall–Kier alpha value is -0.0800. The van der Waals surface area contributed by atoms with E-state index in [2.05, 4.69) is 53.2 Å². The minimum atomic E-state index is 0. The van der Waals surface area contributed by atoms with Crippen LogP contribution in [0.25, 0.3) is 0 Å². The predicted octanol–water partition coefficient (Wildman–Crippen LogP) is 3.15. The van der Waals surface area contributed by atoms with Gasteiger partial charge in [0.15, 0.2) is 5.96 Å². The summed E-state index contributed by atoms with van der Waals surface area (Å²) in [5, 5.41) is 6.98. The molecule has 0 spiro atoms. The highest BCUT2D eigenvalue weighted by Gasteiger charge is 2.18. The molecule has 0 aromatic rings. The summed E-state index contributed by atoms with van der Waals surface area (Å²) in [6.45, 7) is 12.3. The first-order valence-corrected chi connectivity index (χ1v) is 10.00. The second-order valence-electron chi connectivity index (χ2n) is 7.13. The van der Waals surface area contributed by atoms with E-state index < -0.39 is 0 Å². The van der Waals surface area contributed by atoms with Gasteiger partial charge in [0.05, 0.1) is 0 Å². The number of guanidine groups is 1. The molecule has 25 heavy (non-hydrogen) atoms. The van der Waals surface area contributed by atoms with E-state index in [1.165, 1.54) is 45.1 Å². The van der Waals surface area contributed by atoms with E-state index in [0.717, 1.165) is 38.2 Å². The summed E-state index contributed by atoms with van der Waals surface area (Å²) in [5.74, 6) is 0.935. The van der Waals surface area contributed by atoms with E-state index >= 15 is 0 Å². The van der Waals surface area contributed by atoms with E-state index in [1.54, 1.807) is 0 Å². The molecule has 5 nitrogen and oxygen atoms in total. The Morgan fingerprint density at radius 3 is 2.36 bits per heavy atom. The molecule has 1 atom stereocenters. The third kappa shape index (κ3) is 10.6. The maximum absolute atomic E-state index is 4.36. The summed E-state index contributed by atoms with van der Waals surface area (Å²) in [4.78, 5) is 9.35. The van der Waals surface area contributed by atoms with Crippen LogP contribution in [0, 0.1) is 0 Å². The van der Waals surface area contributed by atoms with Gasteiger partial charge in [0.2, 0.25) is 0 Å². The van der Waals surface area contributed by atoms with E-state index in [9.17, 15) is 0 Å². The SMILES string of the molecule is CCN(CC)CCCC(C)NC(=NC)NCCN(C)C1CCCC1.I. The smallest absolute Gasteiger partial charge is 0.191 e. The molecule has 0 radical (unpaired) electrons. The Bertz CT molecular complexity index is 341. The number of rotatable bonds is 11. The van der Waals surface area contributed by atoms with Gasteiger partial charge in [-0.25, -0.2) is 0 Å². The van der Waals surface area contributed by atoms with Crippen molar-refractivity contribution < 1.29 is 0 Å². The molecule has 0 amide bonds. The molecule has 2 N–H and O–H groups in total. The number of hydrogen-bond acceptors (Lipinski definition) is 3. The zero-order valence-corrected chi connectivity index (χ0v) is 19.5. The quantitative estimate of drug-likeness (QED) is 0.278. The Morgan fingerprint density at radius 2 is 1.80 bits per heavy atom. The maximum Gasteiger partial charge on any atom is 0.191 e. The third-order valence-electron chi connectivity index (χ3n) is 5.32. The molecule has 1 fully saturated rings. The highest BCUT2D eigenvalue weighted by atomic mass is 127. The molecule has 6 heteroatoms. The highest BCUT2D eigenvalue weighted by Crippen LogP contribution is 2.21. The van der Waals surface area contributed by atoms with E-state index in [-0.39, 0.29) is 24.0 Å². The van der Waals surface area contributed by atoms with Crippen molar-refractivity contribution in [1.82, 2.24) is 20.4 Å². The van der Waals surface area contributed by atoms with Crippen molar-refractivity contribution in [1.29, 1.82) is 0 Å². The zero-order chi connectivity index (χ0) is 17.8. The monoisotopic (exact) mass is 467 g/mol. The maximum atomic E-state index is 4.36. The van der Waals surface area contributed by atoms with Crippen LogP contribution in [0.4, 0.5) is 0 Å². The number of aliphatic imine (C=N–C) groups is 1. The van der Waals surface area contributed by atoms with Crippen LogP contribution < -0.4 is 10.6 Å². The predicted molar refractivity (Wildman–Crippen MR) is 121 cm³/mol. The molecule has 1 unspecified atom stereocenters. The van der Waals surface area contributed by atoms with Crippen molar-refractivity contribution in [2.24, 2.45) is 4.99 Å². The van der Waals surface area contributed by atoms with Crippen LogP contribution in [0.2, 0.25) is 0 Å². The van der Waals surface area contributed by atoms with Crippen LogP contribution >= 0.6 is 24.0 Å². The van der Waals surface area contributed by atoms with Gasteiger partial charge in [-0.3, -0.25) is 4.99 Å². The van der Waals surface area contributed by atoms with Crippen molar-refractivity contribution in [3.8, 4) is 0 Å². The summed E-state index contributed by atoms with van der Waals surface area (Å²) < 4.78 is 0. The van der Waals surface area contributed by atoms with Crippen molar-refractivity contribution in [2.75, 3.05) is 46.8 Å². The van der Waals surface area contributed by atoms with Gasteiger partial charge < -0.3 is 20.4 Å². The topological polar surface area (TPSA) is 42.9 Å². The lowest BCUT2D eigenvalue weighted by molar-refractivity contribution is 0.249. The molecular weight excluding hydrogens is 425 g/mol. The molecular formula is C19H42IN5. The fourth-order valence-corrected chi connectivity index (χ4v) is 3.54. The minimum absolute atomic E-state index is 0. The van der Waals surface area contributed by atoms with Gasteiger partial charge in [0.1, 0.15) is 0 Å². The highest BCUT2D eigenvalue weighted by molar-refractivity contribution is 14.0. The van der Waals surface area contributed by atoms with Crippen LogP contribution in [-0.2, 0) is 0 Å². The van der Waals surface area contributed by atoms with Crippen molar-refractivity contribution in [3.63, 3.8) is 0 Å². The number of nitrogens with one attached hydrogen (secondary N) is 2. The van der Waals surface area contributed by atoms with Crippen LogP contribution in [0.3, 0.4) is 0 Å². The van der Waals surface area contributed by atoms with Crippen molar-refractivity contribution in [3.05, 3.63) is 0 Å². The number of hydrogen-bond donors (Lipinski definition) is 2. The van der Waals surface area contributed by atoms with Crippen LogP contribution in [0.15, 0.2) is 4.99 Å². The Balaban J connectivity index is 0.00000576. The molecule has 150 valence electrons. The van der Waals surface area contributed by atoms with Crippen molar-refractivity contribution >= 4 is 29.9 Å². The van der Waals surface area contributed by atoms with Crippen molar-refractivity contribution in [2.45, 2.75) is 71.4 Å². The molecule has 1 saturated carbocycles. The first kappa shape index (κ1) is 24.9. The first-order chi connectivity index (χ1) is 11.6. The van der Waals surface area contributed by atoms with Gasteiger partial charge in [0, 0.05) is 32.2 Å². The lowest BCUT2D eigenvalue weighted by atomic mass is 10.2. The summed E-state index contributed by atoms with van der Waals surface area (Å²) in [5.41, 5.74) is 0. The molecule has 0 aliphatic heterocycles. The van der Waals surface area contributed by atoms with Gasteiger partial charge in [-0.15, -0.1) is 24.0 Å². The van der Waals surface area contributed by atoms with E-state index in [0.29, 0.717) is 6.04 Å². The molecule has 0 saturated heterocycles. The van der Waals surface area contributed by atoms with Gasteiger partial charge in [-0.2, -0.15) is 0 Å². The lowest BCUT2D eigenvalue weighted by Gasteiger charge is -2.25. The summed E-state index contributed by atoms with van der Waals surface area (Å²) in [6, 6.07) is 1.25. The Kier molecular flexibility index (Phi) is 15.0. The largest absolute Gasteiger partial charge is 0.355 e. The Labute approximate surface area is 173 Å². The number of halogens is 1. The average Bonchev–Trinajstić information content (AvgIpc) is 3.12. The first-order valence-electron chi connectivity index (χ1n) is 10.00. The van der Waals surface area contributed by atoms with Crippen LogP contribution in [0.5, 0.6) is 0 Å². The molecule has 0 heterocycles. The van der Waals surface area contributed by atoms with Gasteiger partial charge in [-0.1, -0.05) is 26.7 Å². The minimum Gasteiger partial charge on any atom is -0.355 e. The molecule has 1 aliphatic rings. The van der Waals surface area contributed by atoms with E-state index in [1.807, 2.05) is 7.05 Å². The van der Waals surface area contributed by atoms with Crippen LogP contribution in [0.1, 0.15) is 59.3 Å². The standard InChI is InChI=1S/C19H41N5.HI/c1-6-24(7-2)15-10-11-17(3)22-19(20-4)21-14-16-23(5)18-12-8-9-13-18;/h17-18H,6-16H2,1-5H3,(H2,20,21,22);1H. The second-order valence-corrected chi connectivity index (χ2v) is 7.13. The van der Waals surface area contributed by atoms with Crippen LogP contribution in [-0.4, -0.2) is 74.7 Å². The summed E-state index contributed by atoms with van der Waals surface area (Å²) in [7, 11) is 4.11. The average molecular weight is 467 g/mol. The fraction of sp³-hybridized carbons (Fsp3) is 0.947. The van der Waals surface area contributed by atoms with Gasteiger partial charge in [0.25, 0.3) is 0 Å². The lowest BCUT2D eigenvalue weighted by Crippen LogP contribution is -2.45. The zero-order valence-electron chi connectivity index (χ0n) is 17.2. The van der Waals surface area contributed by atoms with Gasteiger partial charge >= 0.3 is 0 Å². The molecule has 0 aromatic carbocycles. The third-order valence-corrected chi connectivity index (χ3v) is 5.32. The molecule has 1 rings (SSSR count). The molecule has 1 aliphatic carbocycles. The molecule has 0 aromatic heterocycles. The number of likely N-dealkylation sites (N-methyl/N-ethyl adjacent to an activating group) is 1. The normalized spacial score (nSPS) is 17.0. The summed E-state index contributed by atoms with van der Waals surface area (Å²) in [6.07, 6.45) is 7.95.